The Kier molecular flexibility index (Phi) is 5.65. The molecule has 1 atom stereocenters. The van der Waals surface area contributed by atoms with E-state index in [0.29, 0.717) is 23.4 Å². The van der Waals surface area contributed by atoms with Crippen LogP contribution in [0.15, 0.2) is 12.1 Å². The maximum Gasteiger partial charge on any atom is 0.307 e. The lowest BCUT2D eigenvalue weighted by Crippen LogP contribution is -2.19. The van der Waals surface area contributed by atoms with Gasteiger partial charge in [0.25, 0.3) is 0 Å². The first-order valence-corrected chi connectivity index (χ1v) is 6.81. The minimum atomic E-state index is -1.11. The second-order valence-corrected chi connectivity index (χ2v) is 5.11. The van der Waals surface area contributed by atoms with Crippen molar-refractivity contribution in [2.24, 2.45) is 11.8 Å². The van der Waals surface area contributed by atoms with Crippen molar-refractivity contribution in [3.05, 3.63) is 33.9 Å². The van der Waals surface area contributed by atoms with Gasteiger partial charge in [-0.15, -0.1) is 0 Å². The monoisotopic (exact) mass is 337 g/mol. The van der Waals surface area contributed by atoms with Gasteiger partial charge in [0.2, 0.25) is 5.82 Å². The van der Waals surface area contributed by atoms with Crippen LogP contribution in [-0.4, -0.2) is 16.9 Å². The van der Waals surface area contributed by atoms with E-state index in [1.165, 1.54) is 0 Å². The molecule has 0 radical (unpaired) electrons. The zero-order valence-corrected chi connectivity index (χ0v) is 12.1. The molecule has 1 aromatic carbocycles. The second-order valence-electron chi connectivity index (χ2n) is 4.46. The van der Waals surface area contributed by atoms with Crippen LogP contribution in [-0.2, 0) is 0 Å². The van der Waals surface area contributed by atoms with Gasteiger partial charge in [-0.25, -0.2) is 4.39 Å². The summed E-state index contributed by atoms with van der Waals surface area (Å²) < 4.78 is 32.1. The van der Waals surface area contributed by atoms with Crippen molar-refractivity contribution in [2.75, 3.05) is 11.9 Å². The number of rotatable bonds is 6. The Balaban J connectivity index is 2.85. The van der Waals surface area contributed by atoms with Crippen LogP contribution in [0.4, 0.5) is 14.5 Å². The predicted octanol–water partition coefficient (Wildman–Crippen LogP) is 3.92. The summed E-state index contributed by atoms with van der Waals surface area (Å²) in [5, 5.41) is 11.1. The summed E-state index contributed by atoms with van der Waals surface area (Å²) in [4.78, 5) is 9.46. The fourth-order valence-corrected chi connectivity index (χ4v) is 2.32. The Hall–Kier alpha value is -1.24. The van der Waals surface area contributed by atoms with Gasteiger partial charge in [0, 0.05) is 17.3 Å². The molecule has 106 valence electrons. The zero-order chi connectivity index (χ0) is 14.6. The molecule has 19 heavy (non-hydrogen) atoms. The first kappa shape index (κ1) is 15.8. The van der Waals surface area contributed by atoms with Crippen molar-refractivity contribution in [3.63, 3.8) is 0 Å². The van der Waals surface area contributed by atoms with Crippen molar-refractivity contribution in [1.29, 1.82) is 0 Å². The van der Waals surface area contributed by atoms with Gasteiger partial charge in [-0.05, 0) is 5.92 Å². The molecule has 0 fully saturated rings. The molecule has 7 heteroatoms. The minimum Gasteiger partial charge on any atom is -0.490 e. The lowest BCUT2D eigenvalue weighted by atomic mass is 9.99. The van der Waals surface area contributed by atoms with Gasteiger partial charge in [0.1, 0.15) is 0 Å². The molecule has 0 heterocycles. The lowest BCUT2D eigenvalue weighted by molar-refractivity contribution is -0.387. The summed E-state index contributed by atoms with van der Waals surface area (Å²) in [7, 11) is 0. The molecule has 0 bridgehead atoms. The number of alkyl halides is 1. The standard InChI is InChI=1S/C12H14BrF2NO3/c1-7(2)8(5-13)6-19-12-4-9(14)11(16(17)18)3-10(12)15/h3-4,7-8H,5-6H2,1-2H3. The molecule has 4 nitrogen and oxygen atoms in total. The van der Waals surface area contributed by atoms with Crippen LogP contribution in [0.25, 0.3) is 0 Å². The van der Waals surface area contributed by atoms with Crippen molar-refractivity contribution in [3.8, 4) is 5.75 Å². The molecule has 1 rings (SSSR count). The normalized spacial score (nSPS) is 12.5. The smallest absolute Gasteiger partial charge is 0.307 e. The van der Waals surface area contributed by atoms with Crippen molar-refractivity contribution < 1.29 is 18.4 Å². The first-order valence-electron chi connectivity index (χ1n) is 5.69. The van der Waals surface area contributed by atoms with E-state index >= 15 is 0 Å². The molecule has 0 aliphatic carbocycles. The molecule has 0 saturated carbocycles. The van der Waals surface area contributed by atoms with Gasteiger partial charge in [0.05, 0.1) is 17.6 Å². The van der Waals surface area contributed by atoms with E-state index in [9.17, 15) is 18.9 Å². The Bertz CT molecular complexity index is 469. The topological polar surface area (TPSA) is 52.4 Å². The van der Waals surface area contributed by atoms with Gasteiger partial charge >= 0.3 is 5.69 Å². The summed E-state index contributed by atoms with van der Waals surface area (Å²) in [6.07, 6.45) is 0. The van der Waals surface area contributed by atoms with Crippen LogP contribution in [0.5, 0.6) is 5.75 Å². The average Bonchev–Trinajstić information content (AvgIpc) is 2.32. The third kappa shape index (κ3) is 4.12. The van der Waals surface area contributed by atoms with Crippen LogP contribution in [0, 0.1) is 33.6 Å². The molecule has 0 aliphatic heterocycles. The predicted molar refractivity (Wildman–Crippen MR) is 70.6 cm³/mol. The maximum absolute atomic E-state index is 13.5. The number of nitrogens with zero attached hydrogens (tertiary/aromatic N) is 1. The van der Waals surface area contributed by atoms with Crippen molar-refractivity contribution >= 4 is 21.6 Å². The Morgan fingerprint density at radius 2 is 2.00 bits per heavy atom. The summed E-state index contributed by atoms with van der Waals surface area (Å²) in [6, 6.07) is 1.24. The molecule has 0 amide bonds. The average molecular weight is 338 g/mol. The third-order valence-corrected chi connectivity index (χ3v) is 3.62. The Labute approximate surface area is 118 Å². The summed E-state index contributed by atoms with van der Waals surface area (Å²) in [5.41, 5.74) is -0.897. The third-order valence-electron chi connectivity index (χ3n) is 2.79. The second kappa shape index (κ2) is 6.79. The van der Waals surface area contributed by atoms with Gasteiger partial charge in [-0.3, -0.25) is 10.1 Å². The molecule has 0 aliphatic rings. The highest BCUT2D eigenvalue weighted by atomic mass is 79.9. The fourth-order valence-electron chi connectivity index (χ4n) is 1.38. The van der Waals surface area contributed by atoms with E-state index in [0.717, 1.165) is 0 Å². The van der Waals surface area contributed by atoms with E-state index < -0.39 is 22.2 Å². The first-order chi connectivity index (χ1) is 8.86. The molecular formula is C12H14BrF2NO3. The number of ether oxygens (including phenoxy) is 1. The molecule has 0 saturated heterocycles. The molecular weight excluding hydrogens is 324 g/mol. The van der Waals surface area contributed by atoms with E-state index in [1.807, 2.05) is 13.8 Å². The quantitative estimate of drug-likeness (QED) is 0.449. The van der Waals surface area contributed by atoms with E-state index in [1.54, 1.807) is 0 Å². The van der Waals surface area contributed by atoms with Gasteiger partial charge < -0.3 is 4.74 Å². The number of nitro groups is 1. The minimum absolute atomic E-state index is 0.137. The highest BCUT2D eigenvalue weighted by molar-refractivity contribution is 9.09. The van der Waals surface area contributed by atoms with Gasteiger partial charge in [-0.2, -0.15) is 4.39 Å². The van der Waals surface area contributed by atoms with E-state index in [-0.39, 0.29) is 18.3 Å². The van der Waals surface area contributed by atoms with Crippen molar-refractivity contribution in [2.45, 2.75) is 13.8 Å². The number of benzene rings is 1. The van der Waals surface area contributed by atoms with Crippen LogP contribution in [0.3, 0.4) is 0 Å². The molecule has 0 N–H and O–H groups in total. The van der Waals surface area contributed by atoms with Crippen LogP contribution < -0.4 is 4.74 Å². The fraction of sp³-hybridized carbons (Fsp3) is 0.500. The van der Waals surface area contributed by atoms with E-state index in [4.69, 9.17) is 4.74 Å². The van der Waals surface area contributed by atoms with Crippen molar-refractivity contribution in [1.82, 2.24) is 0 Å². The van der Waals surface area contributed by atoms with Gasteiger partial charge in [-0.1, -0.05) is 29.8 Å². The molecule has 0 aromatic heterocycles. The number of hydrogen-bond donors (Lipinski definition) is 0. The zero-order valence-electron chi connectivity index (χ0n) is 10.5. The summed E-state index contributed by atoms with van der Waals surface area (Å²) in [5.74, 6) is -1.91. The van der Waals surface area contributed by atoms with Crippen LogP contribution >= 0.6 is 15.9 Å². The molecule has 1 unspecified atom stereocenters. The van der Waals surface area contributed by atoms with Crippen LogP contribution in [0.1, 0.15) is 13.8 Å². The largest absolute Gasteiger partial charge is 0.490 e. The van der Waals surface area contributed by atoms with E-state index in [2.05, 4.69) is 15.9 Å². The van der Waals surface area contributed by atoms with Crippen LogP contribution in [0.2, 0.25) is 0 Å². The maximum atomic E-state index is 13.5. The summed E-state index contributed by atoms with van der Waals surface area (Å²) >= 11 is 3.32. The highest BCUT2D eigenvalue weighted by Crippen LogP contribution is 2.27. The number of nitro benzene ring substituents is 1. The number of hydrogen-bond acceptors (Lipinski definition) is 3. The Morgan fingerprint density at radius 3 is 2.47 bits per heavy atom. The lowest BCUT2D eigenvalue weighted by Gasteiger charge is -2.18. The highest BCUT2D eigenvalue weighted by Gasteiger charge is 2.20. The number of halogens is 3. The van der Waals surface area contributed by atoms with Gasteiger partial charge in [0.15, 0.2) is 11.6 Å². The molecule has 0 spiro atoms. The Morgan fingerprint density at radius 1 is 1.37 bits per heavy atom. The SMILES string of the molecule is CC(C)C(CBr)COc1cc(F)c([N+](=O)[O-])cc1F. The summed E-state index contributed by atoms with van der Waals surface area (Å²) in [6.45, 7) is 4.18. The molecule has 1 aromatic rings.